The van der Waals surface area contributed by atoms with Gasteiger partial charge in [0.15, 0.2) is 11.5 Å². The van der Waals surface area contributed by atoms with Crippen LogP contribution in [0.25, 0.3) is 10.9 Å². The van der Waals surface area contributed by atoms with Crippen molar-refractivity contribution in [3.8, 4) is 11.5 Å². The van der Waals surface area contributed by atoms with Crippen LogP contribution in [0.4, 0.5) is 11.5 Å². The lowest BCUT2D eigenvalue weighted by Crippen LogP contribution is -2.47. The van der Waals surface area contributed by atoms with E-state index in [2.05, 4.69) is 20.6 Å². The van der Waals surface area contributed by atoms with Crippen molar-refractivity contribution < 1.29 is 19.0 Å². The average Bonchev–Trinajstić information content (AvgIpc) is 2.85. The first-order chi connectivity index (χ1) is 15.7. The number of para-hydroxylation sites is 1. The molecule has 2 atom stereocenters. The number of ether oxygens (including phenoxy) is 3. The fourth-order valence-electron chi connectivity index (χ4n) is 3.56. The summed E-state index contributed by atoms with van der Waals surface area (Å²) in [6, 6.07) is 13.2. The van der Waals surface area contributed by atoms with Crippen LogP contribution in [-0.4, -0.2) is 48.8 Å². The van der Waals surface area contributed by atoms with Crippen molar-refractivity contribution in [1.29, 1.82) is 0 Å². The molecule has 4 rings (SSSR count). The van der Waals surface area contributed by atoms with Gasteiger partial charge in [0.2, 0.25) is 0 Å². The minimum Gasteiger partial charge on any atom is -0.493 e. The van der Waals surface area contributed by atoms with Crippen LogP contribution in [0.3, 0.4) is 0 Å². The predicted octanol–water partition coefficient (Wildman–Crippen LogP) is 4.08. The smallest absolute Gasteiger partial charge is 0.322 e. The van der Waals surface area contributed by atoms with Gasteiger partial charge in [-0.25, -0.2) is 9.97 Å². The maximum Gasteiger partial charge on any atom is 0.322 e. The first-order valence-electron chi connectivity index (χ1n) is 10.8. The van der Waals surface area contributed by atoms with Crippen molar-refractivity contribution in [3.05, 3.63) is 48.8 Å². The third kappa shape index (κ3) is 5.45. The highest BCUT2D eigenvalue weighted by molar-refractivity contribution is 5.93. The molecule has 2 heterocycles. The average molecular weight is 439 g/mol. The summed E-state index contributed by atoms with van der Waals surface area (Å²) in [6.07, 6.45) is 2.67. The number of anilines is 2. The number of carbonyl (C=O) groups is 1. The molecule has 2 unspecified atom stereocenters. The fraction of sp³-hybridized carbons (Fsp3) is 0.375. The number of methoxy groups -OCH3 is 2. The van der Waals surface area contributed by atoms with Gasteiger partial charge in [-0.05, 0) is 31.2 Å². The fourth-order valence-corrected chi connectivity index (χ4v) is 3.56. The largest absolute Gasteiger partial charge is 0.493 e. The van der Waals surface area contributed by atoms with E-state index in [1.165, 1.54) is 13.4 Å². The Hall–Kier alpha value is -3.39. The van der Waals surface area contributed by atoms with E-state index in [9.17, 15) is 4.79 Å². The number of hydrogen-bond donors (Lipinski definition) is 2. The van der Waals surface area contributed by atoms with Crippen molar-refractivity contribution in [3.63, 3.8) is 0 Å². The molecule has 0 radical (unpaired) electrons. The molecule has 0 saturated carbocycles. The molecule has 170 valence electrons. The van der Waals surface area contributed by atoms with Crippen LogP contribution < -0.4 is 20.1 Å². The van der Waals surface area contributed by atoms with Crippen LogP contribution in [0, 0.1) is 0 Å². The summed E-state index contributed by atoms with van der Waals surface area (Å²) in [7, 11) is 2.99. The molecule has 8 nitrogen and oxygen atoms in total. The molecule has 0 spiro atoms. The molecule has 1 aliphatic rings. The minimum atomic E-state index is -0.376. The highest BCUT2D eigenvalue weighted by Gasteiger charge is 2.29. The van der Waals surface area contributed by atoms with Crippen LogP contribution in [-0.2, 0) is 9.53 Å². The lowest BCUT2D eigenvalue weighted by Gasteiger charge is -2.29. The van der Waals surface area contributed by atoms with Crippen LogP contribution in [0.1, 0.15) is 26.7 Å². The first kappa shape index (κ1) is 23.3. The van der Waals surface area contributed by atoms with E-state index < -0.39 is 0 Å². The molecule has 0 amide bonds. The molecular formula is C24H30N4O4. The quantitative estimate of drug-likeness (QED) is 0.556. The standard InChI is InChI=1S/C22H24N4O4.C2H6/c1-28-19-12-17-16(21(25-13-24-17)26-14-6-4-3-5-7-14)11-20(19)30-15-8-9-23-18(10-15)22(27)29-2;1-2/h3-7,11-13,15,18,23H,8-10H2,1-2H3,(H,24,25,26);1-2H3. The van der Waals surface area contributed by atoms with Gasteiger partial charge in [0.25, 0.3) is 0 Å². The second-order valence-corrected chi connectivity index (χ2v) is 7.03. The number of esters is 1. The number of rotatable bonds is 6. The molecule has 0 aliphatic carbocycles. The Morgan fingerprint density at radius 3 is 2.59 bits per heavy atom. The summed E-state index contributed by atoms with van der Waals surface area (Å²) in [5, 5.41) is 7.31. The minimum absolute atomic E-state index is 0.142. The van der Waals surface area contributed by atoms with Crippen LogP contribution >= 0.6 is 0 Å². The van der Waals surface area contributed by atoms with Crippen molar-refractivity contribution in [2.24, 2.45) is 0 Å². The van der Waals surface area contributed by atoms with E-state index in [1.54, 1.807) is 7.11 Å². The number of carbonyl (C=O) groups excluding carboxylic acids is 1. The number of fused-ring (bicyclic) bond motifs is 1. The van der Waals surface area contributed by atoms with Gasteiger partial charge in [0.1, 0.15) is 24.3 Å². The Morgan fingerprint density at radius 2 is 1.88 bits per heavy atom. The van der Waals surface area contributed by atoms with Crippen LogP contribution in [0.2, 0.25) is 0 Å². The summed E-state index contributed by atoms with van der Waals surface area (Å²) in [4.78, 5) is 20.7. The summed E-state index contributed by atoms with van der Waals surface area (Å²) < 4.78 is 16.7. The molecule has 1 fully saturated rings. The monoisotopic (exact) mass is 438 g/mol. The van der Waals surface area contributed by atoms with E-state index in [0.29, 0.717) is 30.3 Å². The molecule has 1 aliphatic heterocycles. The van der Waals surface area contributed by atoms with Gasteiger partial charge >= 0.3 is 5.97 Å². The second-order valence-electron chi connectivity index (χ2n) is 7.03. The molecule has 3 aromatic rings. The third-order valence-electron chi connectivity index (χ3n) is 5.09. The number of nitrogens with one attached hydrogen (secondary N) is 2. The Kier molecular flexibility index (Phi) is 8.21. The second kappa shape index (κ2) is 11.3. The van der Waals surface area contributed by atoms with Gasteiger partial charge in [0, 0.05) is 23.6 Å². The van der Waals surface area contributed by atoms with Gasteiger partial charge in [0.05, 0.1) is 19.7 Å². The summed E-state index contributed by atoms with van der Waals surface area (Å²) in [5.41, 5.74) is 1.67. The maximum atomic E-state index is 11.9. The highest BCUT2D eigenvalue weighted by Crippen LogP contribution is 2.36. The van der Waals surface area contributed by atoms with Crippen LogP contribution in [0.5, 0.6) is 11.5 Å². The zero-order valence-electron chi connectivity index (χ0n) is 18.9. The highest BCUT2D eigenvalue weighted by atomic mass is 16.5. The molecule has 32 heavy (non-hydrogen) atoms. The van der Waals surface area contributed by atoms with Gasteiger partial charge < -0.3 is 24.8 Å². The van der Waals surface area contributed by atoms with E-state index in [4.69, 9.17) is 14.2 Å². The number of hydrogen-bond acceptors (Lipinski definition) is 8. The Balaban J connectivity index is 0.00000141. The summed E-state index contributed by atoms with van der Waals surface area (Å²) in [5.74, 6) is 1.57. The molecule has 8 heteroatoms. The summed E-state index contributed by atoms with van der Waals surface area (Å²) >= 11 is 0. The number of aromatic nitrogens is 2. The first-order valence-corrected chi connectivity index (χ1v) is 10.8. The SMILES string of the molecule is CC.COC(=O)C1CC(Oc2cc3c(Nc4ccccc4)ncnc3cc2OC)CCN1. The predicted molar refractivity (Wildman–Crippen MR) is 125 cm³/mol. The Morgan fingerprint density at radius 1 is 1.09 bits per heavy atom. The molecular weight excluding hydrogens is 408 g/mol. The Labute approximate surface area is 188 Å². The van der Waals surface area contributed by atoms with Crippen molar-refractivity contribution >= 4 is 28.4 Å². The van der Waals surface area contributed by atoms with Crippen LogP contribution in [0.15, 0.2) is 48.8 Å². The van der Waals surface area contributed by atoms with Gasteiger partial charge in [-0.1, -0.05) is 32.0 Å². The van der Waals surface area contributed by atoms with E-state index >= 15 is 0 Å². The van der Waals surface area contributed by atoms with E-state index in [-0.39, 0.29) is 18.1 Å². The lowest BCUT2D eigenvalue weighted by molar-refractivity contribution is -0.144. The Bertz CT molecular complexity index is 1030. The summed E-state index contributed by atoms with van der Waals surface area (Å²) in [6.45, 7) is 4.67. The van der Waals surface area contributed by atoms with E-state index in [1.807, 2.05) is 56.3 Å². The van der Waals surface area contributed by atoms with Gasteiger partial charge in [-0.3, -0.25) is 4.79 Å². The molecule has 1 aromatic heterocycles. The topological polar surface area (TPSA) is 94.6 Å². The van der Waals surface area contributed by atoms with Crippen molar-refractivity contribution in [2.75, 3.05) is 26.1 Å². The van der Waals surface area contributed by atoms with Gasteiger partial charge in [-0.15, -0.1) is 0 Å². The van der Waals surface area contributed by atoms with Crippen molar-refractivity contribution in [1.82, 2.24) is 15.3 Å². The third-order valence-corrected chi connectivity index (χ3v) is 5.09. The normalized spacial score (nSPS) is 17.6. The molecule has 0 bridgehead atoms. The number of nitrogens with zero attached hydrogens (tertiary/aromatic N) is 2. The molecule has 1 saturated heterocycles. The molecule has 2 aromatic carbocycles. The van der Waals surface area contributed by atoms with E-state index in [0.717, 1.165) is 23.0 Å². The zero-order chi connectivity index (χ0) is 22.9. The number of piperidine rings is 1. The maximum absolute atomic E-state index is 11.9. The lowest BCUT2D eigenvalue weighted by atomic mass is 10.0. The zero-order valence-corrected chi connectivity index (χ0v) is 18.9. The van der Waals surface area contributed by atoms with Crippen molar-refractivity contribution in [2.45, 2.75) is 38.8 Å². The molecule has 2 N–H and O–H groups in total. The van der Waals surface area contributed by atoms with Gasteiger partial charge in [-0.2, -0.15) is 0 Å². The number of benzene rings is 2.